The monoisotopic (exact) mass is 615 g/mol. The van der Waals surface area contributed by atoms with Crippen molar-refractivity contribution in [2.24, 2.45) is 5.41 Å². The van der Waals surface area contributed by atoms with Crippen molar-refractivity contribution in [1.29, 1.82) is 0 Å². The number of aromatic amines is 1. The maximum absolute atomic E-state index is 13.0. The zero-order valence-electron chi connectivity index (χ0n) is 26.4. The Bertz CT molecular complexity index is 1240. The second-order valence-electron chi connectivity index (χ2n) is 13.2. The molecular weight excluding hydrogens is 566 g/mol. The highest BCUT2D eigenvalue weighted by atomic mass is 16.7. The fraction of sp³-hybridized carbons (Fsp3) is 0.667. The Morgan fingerprint density at radius 2 is 1.70 bits per heavy atom. The smallest absolute Gasteiger partial charge is 0.238 e. The summed E-state index contributed by atoms with van der Waals surface area (Å²) in [5.74, 6) is 0.509. The van der Waals surface area contributed by atoms with E-state index in [2.05, 4.69) is 10.2 Å². The highest BCUT2D eigenvalue weighted by Crippen LogP contribution is 2.31. The van der Waals surface area contributed by atoms with Gasteiger partial charge < -0.3 is 34.8 Å². The van der Waals surface area contributed by atoms with Gasteiger partial charge in [-0.2, -0.15) is 0 Å². The van der Waals surface area contributed by atoms with Crippen LogP contribution in [0.15, 0.2) is 24.3 Å². The van der Waals surface area contributed by atoms with E-state index in [1.165, 1.54) is 0 Å². The van der Waals surface area contributed by atoms with Crippen LogP contribution < -0.4 is 4.74 Å². The topological polar surface area (TPSA) is 165 Å². The van der Waals surface area contributed by atoms with Crippen LogP contribution in [0.5, 0.6) is 5.88 Å². The molecule has 3 heterocycles. The molecule has 11 heteroatoms. The van der Waals surface area contributed by atoms with Gasteiger partial charge in [0.05, 0.1) is 12.0 Å². The van der Waals surface area contributed by atoms with E-state index in [9.17, 15) is 30.0 Å². The van der Waals surface area contributed by atoms with Crippen LogP contribution in [-0.4, -0.2) is 97.6 Å². The number of benzene rings is 1. The van der Waals surface area contributed by atoms with Crippen LogP contribution >= 0.6 is 0 Å². The van der Waals surface area contributed by atoms with E-state index in [1.807, 2.05) is 56.9 Å². The molecule has 0 bridgehead atoms. The van der Waals surface area contributed by atoms with Gasteiger partial charge in [-0.3, -0.25) is 14.7 Å². The van der Waals surface area contributed by atoms with Crippen LogP contribution in [0.25, 0.3) is 0 Å². The molecule has 2 saturated heterocycles. The molecule has 11 nitrogen and oxygen atoms in total. The number of Topliss-reactive ketones (excluding diaryl/α,β-unsaturated/α-hetero) is 1. The first kappa shape index (κ1) is 34.1. The van der Waals surface area contributed by atoms with Crippen molar-refractivity contribution in [1.82, 2.24) is 15.1 Å². The molecular formula is C33H49N3O8. The maximum Gasteiger partial charge on any atom is 0.238 e. The van der Waals surface area contributed by atoms with Crippen LogP contribution in [-0.2, 0) is 27.2 Å². The molecule has 244 valence electrons. The lowest BCUT2D eigenvalue weighted by molar-refractivity contribution is -0.278. The summed E-state index contributed by atoms with van der Waals surface area (Å²) >= 11 is 0. The van der Waals surface area contributed by atoms with E-state index in [1.54, 1.807) is 0 Å². The predicted molar refractivity (Wildman–Crippen MR) is 163 cm³/mol. The number of carbonyl (C=O) groups excluding carboxylic acids is 2. The number of H-pyrrole nitrogens is 1. The second-order valence-corrected chi connectivity index (χ2v) is 13.2. The quantitative estimate of drug-likeness (QED) is 0.228. The van der Waals surface area contributed by atoms with Crippen LogP contribution in [0.3, 0.4) is 0 Å². The van der Waals surface area contributed by atoms with Gasteiger partial charge in [0.15, 0.2) is 0 Å². The van der Waals surface area contributed by atoms with Crippen LogP contribution in [0.1, 0.15) is 94.5 Å². The Kier molecular flexibility index (Phi) is 11.6. The van der Waals surface area contributed by atoms with Gasteiger partial charge >= 0.3 is 0 Å². The van der Waals surface area contributed by atoms with Gasteiger partial charge in [-0.15, -0.1) is 5.10 Å². The minimum Gasteiger partial charge on any atom is -0.443 e. The zero-order chi connectivity index (χ0) is 32.0. The maximum atomic E-state index is 13.0. The van der Waals surface area contributed by atoms with Gasteiger partial charge in [-0.1, -0.05) is 52.0 Å². The summed E-state index contributed by atoms with van der Waals surface area (Å²) < 4.78 is 11.4. The van der Waals surface area contributed by atoms with Crippen LogP contribution in [0.2, 0.25) is 0 Å². The average Bonchev–Trinajstić information content (AvgIpc) is 3.40. The Hall–Kier alpha value is -2.83. The van der Waals surface area contributed by atoms with Crippen molar-refractivity contribution in [3.05, 3.63) is 46.6 Å². The number of ether oxygens (including phenoxy) is 2. The molecule has 0 unspecified atom stereocenters. The van der Waals surface area contributed by atoms with Crippen molar-refractivity contribution >= 4 is 11.7 Å². The number of piperidine rings is 1. The molecule has 5 N–H and O–H groups in total. The summed E-state index contributed by atoms with van der Waals surface area (Å²) in [6, 6.07) is 8.12. The summed E-state index contributed by atoms with van der Waals surface area (Å²) in [5, 5.41) is 47.5. The number of hydrogen-bond donors (Lipinski definition) is 5. The summed E-state index contributed by atoms with van der Waals surface area (Å²) in [7, 11) is 0. The van der Waals surface area contributed by atoms with Crippen molar-refractivity contribution in [3.8, 4) is 5.88 Å². The third-order valence-corrected chi connectivity index (χ3v) is 8.70. The van der Waals surface area contributed by atoms with Gasteiger partial charge in [0.2, 0.25) is 18.1 Å². The van der Waals surface area contributed by atoms with Gasteiger partial charge in [0, 0.05) is 43.6 Å². The molecule has 1 aromatic heterocycles. The number of aryl methyl sites for hydroxylation is 1. The van der Waals surface area contributed by atoms with Gasteiger partial charge in [0.1, 0.15) is 30.2 Å². The van der Waals surface area contributed by atoms with Gasteiger partial charge in [0.25, 0.3) is 0 Å². The molecule has 1 aromatic carbocycles. The fourth-order valence-corrected chi connectivity index (χ4v) is 6.08. The SMILES string of the molecule is CC(C)c1[nH]nc(O[C@@H]2O[C@H](CO)[C@@H](O)[C@H](O)[C@H]2O)c1Cc1ccc(CCCC(=O)CC(C)(C)C(=O)N2CCCCC2)cc1. The molecule has 44 heavy (non-hydrogen) atoms. The normalized spacial score (nSPS) is 24.5. The van der Waals surface area contributed by atoms with Gasteiger partial charge in [-0.25, -0.2) is 0 Å². The summed E-state index contributed by atoms with van der Waals surface area (Å²) in [6.07, 6.45) is -1.10. The predicted octanol–water partition coefficient (Wildman–Crippen LogP) is 2.62. The first-order valence-corrected chi connectivity index (χ1v) is 15.8. The number of rotatable bonds is 13. The first-order valence-electron chi connectivity index (χ1n) is 15.8. The molecule has 2 aromatic rings. The minimum atomic E-state index is -1.55. The molecule has 0 saturated carbocycles. The van der Waals surface area contributed by atoms with Crippen LogP contribution in [0, 0.1) is 5.41 Å². The number of amides is 1. The summed E-state index contributed by atoms with van der Waals surface area (Å²) in [6.45, 7) is 8.83. The van der Waals surface area contributed by atoms with Crippen molar-refractivity contribution in [3.63, 3.8) is 0 Å². The Morgan fingerprint density at radius 3 is 2.34 bits per heavy atom. The van der Waals surface area contributed by atoms with E-state index >= 15 is 0 Å². The number of aromatic nitrogens is 2. The van der Waals surface area contributed by atoms with Crippen LogP contribution in [0.4, 0.5) is 0 Å². The molecule has 0 radical (unpaired) electrons. The molecule has 2 aliphatic rings. The number of nitrogens with one attached hydrogen (secondary N) is 1. The fourth-order valence-electron chi connectivity index (χ4n) is 6.08. The number of carbonyl (C=O) groups is 2. The minimum absolute atomic E-state index is 0.0844. The third kappa shape index (κ3) is 8.25. The highest BCUT2D eigenvalue weighted by molar-refractivity contribution is 5.89. The lowest BCUT2D eigenvalue weighted by atomic mass is 9.84. The molecule has 5 atom stereocenters. The number of likely N-dealkylation sites (tertiary alicyclic amines) is 1. The number of ketones is 1. The Labute approximate surface area is 259 Å². The Morgan fingerprint density at radius 1 is 1.05 bits per heavy atom. The second kappa shape index (κ2) is 15.0. The molecule has 2 aliphatic heterocycles. The van der Waals surface area contributed by atoms with E-state index in [4.69, 9.17) is 9.47 Å². The summed E-state index contributed by atoms with van der Waals surface area (Å²) in [4.78, 5) is 27.6. The highest BCUT2D eigenvalue weighted by Gasteiger charge is 2.45. The lowest BCUT2D eigenvalue weighted by Gasteiger charge is -2.39. The summed E-state index contributed by atoms with van der Waals surface area (Å²) in [5.41, 5.74) is 3.07. The van der Waals surface area contributed by atoms with Crippen molar-refractivity contribution < 1.29 is 39.5 Å². The van der Waals surface area contributed by atoms with Crippen molar-refractivity contribution in [2.75, 3.05) is 19.7 Å². The first-order chi connectivity index (χ1) is 20.9. The third-order valence-electron chi connectivity index (χ3n) is 8.70. The number of nitrogens with zero attached hydrogens (tertiary/aromatic N) is 2. The van der Waals surface area contributed by atoms with E-state index in [0.29, 0.717) is 19.3 Å². The standard InChI is InChI=1S/C33H49N3O8/c1-20(2)26-24(30(35-34-26)44-31-29(41)28(40)27(39)25(19-37)43-31)17-22-13-11-21(12-14-22)9-8-10-23(38)18-33(3,4)32(42)36-15-6-5-7-16-36/h11-14,20,25,27-29,31,37,39-41H,5-10,15-19H2,1-4H3,(H,34,35)/t25-,27-,28+,29-,31+/m1/s1. The Balaban J connectivity index is 1.33. The largest absolute Gasteiger partial charge is 0.443 e. The average molecular weight is 616 g/mol. The van der Waals surface area contributed by atoms with E-state index < -0.39 is 42.7 Å². The number of aliphatic hydroxyl groups excluding tert-OH is 4. The lowest BCUT2D eigenvalue weighted by Crippen LogP contribution is -2.60. The molecule has 0 aliphatic carbocycles. The number of aliphatic hydroxyl groups is 4. The number of hydrogen-bond acceptors (Lipinski definition) is 9. The molecule has 4 rings (SSSR count). The van der Waals surface area contributed by atoms with E-state index in [-0.39, 0.29) is 29.9 Å². The van der Waals surface area contributed by atoms with Crippen molar-refractivity contribution in [2.45, 2.75) is 116 Å². The molecule has 0 spiro atoms. The van der Waals surface area contributed by atoms with E-state index in [0.717, 1.165) is 61.2 Å². The molecule has 1 amide bonds. The van der Waals surface area contributed by atoms with Gasteiger partial charge in [-0.05, 0) is 49.1 Å². The molecule has 2 fully saturated rings. The zero-order valence-corrected chi connectivity index (χ0v) is 26.4.